The van der Waals surface area contributed by atoms with Crippen LogP contribution in [0.5, 0.6) is 0 Å². The van der Waals surface area contributed by atoms with Gasteiger partial charge >= 0.3 is 0 Å². The highest BCUT2D eigenvalue weighted by Gasteiger charge is 2.21. The first kappa shape index (κ1) is 14.2. The lowest BCUT2D eigenvalue weighted by atomic mass is 9.99. The molecule has 0 fully saturated rings. The standard InChI is InChI=1S/C14H19BrN4/c1-3-8-19-14(12(15)9-17-19)13(18-16)11-7-5-4-6-10(11)2/h4-7,9,13,18H,3,8,16H2,1-2H3. The van der Waals surface area contributed by atoms with E-state index in [-0.39, 0.29) is 6.04 Å². The topological polar surface area (TPSA) is 55.9 Å². The van der Waals surface area contributed by atoms with Crippen molar-refractivity contribution in [3.8, 4) is 0 Å². The predicted octanol–water partition coefficient (Wildman–Crippen LogP) is 2.92. The summed E-state index contributed by atoms with van der Waals surface area (Å²) in [6, 6.07) is 8.18. The molecule has 0 aliphatic heterocycles. The van der Waals surface area contributed by atoms with Gasteiger partial charge in [-0.3, -0.25) is 10.5 Å². The molecule has 2 rings (SSSR count). The Morgan fingerprint density at radius 2 is 2.16 bits per heavy atom. The SMILES string of the molecule is CCCn1ncc(Br)c1C(NN)c1ccccc1C. The van der Waals surface area contributed by atoms with E-state index in [1.54, 1.807) is 0 Å². The zero-order valence-electron chi connectivity index (χ0n) is 11.2. The molecule has 1 heterocycles. The van der Waals surface area contributed by atoms with E-state index in [4.69, 9.17) is 5.84 Å². The molecule has 5 heteroatoms. The first-order valence-corrected chi connectivity index (χ1v) is 7.21. The van der Waals surface area contributed by atoms with Gasteiger partial charge in [-0.05, 0) is 40.4 Å². The highest BCUT2D eigenvalue weighted by Crippen LogP contribution is 2.29. The molecule has 2 aromatic rings. The molecule has 0 bridgehead atoms. The van der Waals surface area contributed by atoms with Crippen molar-refractivity contribution in [3.63, 3.8) is 0 Å². The quantitative estimate of drug-likeness (QED) is 0.657. The van der Waals surface area contributed by atoms with Crippen LogP contribution >= 0.6 is 15.9 Å². The highest BCUT2D eigenvalue weighted by atomic mass is 79.9. The second kappa shape index (κ2) is 6.32. The summed E-state index contributed by atoms with van der Waals surface area (Å²) in [5.41, 5.74) is 6.36. The van der Waals surface area contributed by atoms with E-state index in [2.05, 4.69) is 52.4 Å². The second-order valence-corrected chi connectivity index (χ2v) is 5.41. The molecule has 0 saturated carbocycles. The lowest BCUT2D eigenvalue weighted by molar-refractivity contribution is 0.518. The van der Waals surface area contributed by atoms with Crippen molar-refractivity contribution in [2.24, 2.45) is 5.84 Å². The van der Waals surface area contributed by atoms with Crippen molar-refractivity contribution < 1.29 is 0 Å². The molecular formula is C14H19BrN4. The number of rotatable bonds is 5. The molecule has 1 aromatic carbocycles. The van der Waals surface area contributed by atoms with Crippen molar-refractivity contribution in [1.82, 2.24) is 15.2 Å². The first-order chi connectivity index (χ1) is 9.19. The van der Waals surface area contributed by atoms with E-state index in [9.17, 15) is 0 Å². The van der Waals surface area contributed by atoms with Gasteiger partial charge in [0.1, 0.15) is 0 Å². The Balaban J connectivity index is 2.48. The number of benzene rings is 1. The summed E-state index contributed by atoms with van der Waals surface area (Å²) in [6.45, 7) is 5.11. The number of aromatic nitrogens is 2. The van der Waals surface area contributed by atoms with Crippen LogP contribution in [-0.4, -0.2) is 9.78 Å². The molecule has 0 radical (unpaired) electrons. The zero-order valence-corrected chi connectivity index (χ0v) is 12.8. The second-order valence-electron chi connectivity index (χ2n) is 4.56. The number of aryl methyl sites for hydroxylation is 2. The van der Waals surface area contributed by atoms with Crippen molar-refractivity contribution in [2.75, 3.05) is 0 Å². The van der Waals surface area contributed by atoms with Gasteiger partial charge in [-0.1, -0.05) is 31.2 Å². The molecule has 102 valence electrons. The number of hydrazine groups is 1. The summed E-state index contributed by atoms with van der Waals surface area (Å²) < 4.78 is 2.98. The number of hydrogen-bond donors (Lipinski definition) is 2. The summed E-state index contributed by atoms with van der Waals surface area (Å²) in [7, 11) is 0. The number of nitrogens with one attached hydrogen (secondary N) is 1. The fourth-order valence-electron chi connectivity index (χ4n) is 2.28. The van der Waals surface area contributed by atoms with Gasteiger partial charge < -0.3 is 0 Å². The molecule has 4 nitrogen and oxygen atoms in total. The van der Waals surface area contributed by atoms with Crippen molar-refractivity contribution >= 4 is 15.9 Å². The lowest BCUT2D eigenvalue weighted by Gasteiger charge is -2.20. The molecule has 0 saturated heterocycles. The Bertz CT molecular complexity index is 550. The van der Waals surface area contributed by atoms with Gasteiger partial charge in [0.15, 0.2) is 0 Å². The number of hydrogen-bond acceptors (Lipinski definition) is 3. The minimum Gasteiger partial charge on any atom is -0.271 e. The van der Waals surface area contributed by atoms with Crippen LogP contribution in [0.3, 0.4) is 0 Å². The minimum absolute atomic E-state index is 0.0652. The average Bonchev–Trinajstić information content (AvgIpc) is 2.75. The summed E-state index contributed by atoms with van der Waals surface area (Å²) >= 11 is 3.57. The van der Waals surface area contributed by atoms with E-state index >= 15 is 0 Å². The minimum atomic E-state index is -0.0652. The number of nitrogens with zero attached hydrogens (tertiary/aromatic N) is 2. The third-order valence-corrected chi connectivity index (χ3v) is 3.82. The van der Waals surface area contributed by atoms with Gasteiger partial charge in [0.05, 0.1) is 22.4 Å². The van der Waals surface area contributed by atoms with E-state index in [1.165, 1.54) is 11.1 Å². The van der Waals surface area contributed by atoms with Crippen LogP contribution in [0.25, 0.3) is 0 Å². The van der Waals surface area contributed by atoms with Gasteiger partial charge in [0, 0.05) is 6.54 Å². The third-order valence-electron chi connectivity index (χ3n) is 3.21. The largest absolute Gasteiger partial charge is 0.271 e. The Kier molecular flexibility index (Phi) is 4.74. The Morgan fingerprint density at radius 3 is 2.79 bits per heavy atom. The van der Waals surface area contributed by atoms with Crippen molar-refractivity contribution in [3.05, 3.63) is 51.8 Å². The lowest BCUT2D eigenvalue weighted by Crippen LogP contribution is -2.31. The maximum absolute atomic E-state index is 5.79. The molecule has 1 atom stereocenters. The fourth-order valence-corrected chi connectivity index (χ4v) is 2.80. The Hall–Kier alpha value is -1.17. The predicted molar refractivity (Wildman–Crippen MR) is 80.6 cm³/mol. The van der Waals surface area contributed by atoms with Gasteiger partial charge in [0.25, 0.3) is 0 Å². The van der Waals surface area contributed by atoms with Crippen molar-refractivity contribution in [2.45, 2.75) is 32.9 Å². The molecule has 3 N–H and O–H groups in total. The molecule has 0 aliphatic rings. The first-order valence-electron chi connectivity index (χ1n) is 6.41. The molecule has 0 amide bonds. The maximum Gasteiger partial charge on any atom is 0.0892 e. The Labute approximate surface area is 122 Å². The van der Waals surface area contributed by atoms with Crippen LogP contribution in [0, 0.1) is 6.92 Å². The smallest absolute Gasteiger partial charge is 0.0892 e. The molecule has 19 heavy (non-hydrogen) atoms. The van der Waals surface area contributed by atoms with E-state index < -0.39 is 0 Å². The van der Waals surface area contributed by atoms with Crippen molar-refractivity contribution in [1.29, 1.82) is 0 Å². The van der Waals surface area contributed by atoms with E-state index in [0.29, 0.717) is 0 Å². The molecule has 0 aliphatic carbocycles. The summed E-state index contributed by atoms with van der Waals surface area (Å²) in [5, 5.41) is 4.40. The van der Waals surface area contributed by atoms with Crippen LogP contribution in [0.4, 0.5) is 0 Å². The molecule has 1 aromatic heterocycles. The van der Waals surface area contributed by atoms with Gasteiger partial charge in [0.2, 0.25) is 0 Å². The van der Waals surface area contributed by atoms with Gasteiger partial charge in [-0.2, -0.15) is 5.10 Å². The summed E-state index contributed by atoms with van der Waals surface area (Å²) in [4.78, 5) is 0. The third kappa shape index (κ3) is 2.88. The fraction of sp³-hybridized carbons (Fsp3) is 0.357. The zero-order chi connectivity index (χ0) is 13.8. The summed E-state index contributed by atoms with van der Waals surface area (Å²) in [5.74, 6) is 5.79. The normalized spacial score (nSPS) is 12.6. The van der Waals surface area contributed by atoms with Crippen LogP contribution in [0.1, 0.15) is 36.2 Å². The maximum atomic E-state index is 5.79. The number of halogens is 1. The van der Waals surface area contributed by atoms with Crippen LogP contribution in [-0.2, 0) is 6.54 Å². The molecule has 0 spiro atoms. The molecule has 1 unspecified atom stereocenters. The number of nitrogens with two attached hydrogens (primary N) is 1. The average molecular weight is 323 g/mol. The van der Waals surface area contributed by atoms with E-state index in [0.717, 1.165) is 23.1 Å². The van der Waals surface area contributed by atoms with Gasteiger partial charge in [-0.25, -0.2) is 5.43 Å². The van der Waals surface area contributed by atoms with Gasteiger partial charge in [-0.15, -0.1) is 0 Å². The monoisotopic (exact) mass is 322 g/mol. The highest BCUT2D eigenvalue weighted by molar-refractivity contribution is 9.10. The van der Waals surface area contributed by atoms with Crippen LogP contribution in [0.2, 0.25) is 0 Å². The van der Waals surface area contributed by atoms with Crippen LogP contribution in [0.15, 0.2) is 34.9 Å². The van der Waals surface area contributed by atoms with Crippen LogP contribution < -0.4 is 11.3 Å². The molecular weight excluding hydrogens is 304 g/mol. The summed E-state index contributed by atoms with van der Waals surface area (Å²) in [6.07, 6.45) is 2.86. The van der Waals surface area contributed by atoms with E-state index in [1.807, 2.05) is 23.0 Å². The Morgan fingerprint density at radius 1 is 1.42 bits per heavy atom.